The molecule has 2 N–H and O–H groups in total. The number of hydrogen-bond donors (Lipinski definition) is 2. The Hall–Kier alpha value is -2.90. The van der Waals surface area contributed by atoms with E-state index in [4.69, 9.17) is 0 Å². The summed E-state index contributed by atoms with van der Waals surface area (Å²) >= 11 is 2.71. The third kappa shape index (κ3) is 5.29. The van der Waals surface area contributed by atoms with Crippen molar-refractivity contribution in [2.24, 2.45) is 0 Å². The van der Waals surface area contributed by atoms with E-state index < -0.39 is 5.91 Å². The fraction of sp³-hybridized carbons (Fsp3) is 0.0500. The fourth-order valence-corrected chi connectivity index (χ4v) is 3.83. The first kappa shape index (κ1) is 18.9. The van der Waals surface area contributed by atoms with Gasteiger partial charge in [0.2, 0.25) is 0 Å². The van der Waals surface area contributed by atoms with Crippen molar-refractivity contribution in [2.75, 3.05) is 0 Å². The number of nitrogens with zero attached hydrogens (tertiary/aromatic N) is 1. The van der Waals surface area contributed by atoms with Gasteiger partial charge in [0.1, 0.15) is 9.88 Å². The molecule has 1 aromatic heterocycles. The molecule has 0 saturated carbocycles. The van der Waals surface area contributed by atoms with Gasteiger partial charge >= 0.3 is 0 Å². The summed E-state index contributed by atoms with van der Waals surface area (Å²) in [6.45, 7) is 1.77. The number of hydrogen-bond acceptors (Lipinski definition) is 5. The minimum atomic E-state index is -0.405. The smallest absolute Gasteiger partial charge is 0.268 e. The number of carbonyl (C=O) groups excluding carboxylic acids is 2. The Kier molecular flexibility index (Phi) is 6.40. The van der Waals surface area contributed by atoms with E-state index in [0.717, 1.165) is 15.5 Å². The van der Waals surface area contributed by atoms with Gasteiger partial charge in [-0.25, -0.2) is 4.98 Å². The number of carbonyl (C=O) groups is 2. The van der Waals surface area contributed by atoms with E-state index in [1.807, 2.05) is 60.7 Å². The van der Waals surface area contributed by atoms with Gasteiger partial charge < -0.3 is 0 Å². The molecule has 0 fully saturated rings. The van der Waals surface area contributed by atoms with Gasteiger partial charge in [-0.15, -0.1) is 11.3 Å². The first-order valence-electron chi connectivity index (χ1n) is 8.15. The van der Waals surface area contributed by atoms with Gasteiger partial charge in [0.05, 0.1) is 5.69 Å². The van der Waals surface area contributed by atoms with Crippen LogP contribution in [0.15, 0.2) is 77.0 Å². The van der Waals surface area contributed by atoms with Gasteiger partial charge in [-0.05, 0) is 24.5 Å². The first-order chi connectivity index (χ1) is 13.1. The highest BCUT2D eigenvalue weighted by atomic mass is 32.2. The van der Waals surface area contributed by atoms with E-state index in [1.165, 1.54) is 29.2 Å². The molecule has 27 heavy (non-hydrogen) atoms. The standard InChI is InChI=1S/C20H17N3O2S2/c1-14-18(27-20(21-14)15-8-4-2-5-9-15)19(25)23-22-17(24)12-13-26-16-10-6-3-7-11-16/h2-13H,1H3,(H,22,24)(H,23,25)/b13-12+. The molecule has 2 aromatic carbocycles. The number of hydrazine groups is 1. The third-order valence-corrected chi connectivity index (χ3v) is 5.51. The van der Waals surface area contributed by atoms with Crippen molar-refractivity contribution in [1.82, 2.24) is 15.8 Å². The second-order valence-corrected chi connectivity index (χ2v) is 7.45. The highest BCUT2D eigenvalue weighted by Gasteiger charge is 2.16. The summed E-state index contributed by atoms with van der Waals surface area (Å²) in [4.78, 5) is 30.1. The molecule has 0 unspecified atom stereocenters. The lowest BCUT2D eigenvalue weighted by atomic mass is 10.2. The van der Waals surface area contributed by atoms with Crippen LogP contribution in [0.25, 0.3) is 10.6 Å². The second-order valence-electron chi connectivity index (χ2n) is 5.48. The molecule has 0 spiro atoms. The van der Waals surface area contributed by atoms with Crippen LogP contribution in [0.3, 0.4) is 0 Å². The van der Waals surface area contributed by atoms with Crippen molar-refractivity contribution < 1.29 is 9.59 Å². The Labute approximate surface area is 165 Å². The molecule has 0 aliphatic carbocycles. The average Bonchev–Trinajstić information content (AvgIpc) is 3.09. The number of amides is 2. The summed E-state index contributed by atoms with van der Waals surface area (Å²) in [5.74, 6) is -0.790. The molecule has 3 rings (SSSR count). The molecule has 0 atom stereocenters. The van der Waals surface area contributed by atoms with Gasteiger partial charge in [0.15, 0.2) is 0 Å². The van der Waals surface area contributed by atoms with Crippen LogP contribution in [0.2, 0.25) is 0 Å². The number of rotatable bonds is 5. The molecule has 0 aliphatic rings. The van der Waals surface area contributed by atoms with Gasteiger partial charge in [0, 0.05) is 16.5 Å². The Balaban J connectivity index is 1.55. The zero-order chi connectivity index (χ0) is 19.1. The Morgan fingerprint density at radius 2 is 1.67 bits per heavy atom. The lowest BCUT2D eigenvalue weighted by molar-refractivity contribution is -0.117. The molecule has 0 radical (unpaired) electrons. The maximum atomic E-state index is 12.3. The first-order valence-corrected chi connectivity index (χ1v) is 9.84. The number of aromatic nitrogens is 1. The predicted molar refractivity (Wildman–Crippen MR) is 109 cm³/mol. The second kappa shape index (κ2) is 9.16. The zero-order valence-corrected chi connectivity index (χ0v) is 16.1. The minimum absolute atomic E-state index is 0.385. The third-order valence-electron chi connectivity index (χ3n) is 3.49. The Morgan fingerprint density at radius 1 is 1.00 bits per heavy atom. The molecule has 5 nitrogen and oxygen atoms in total. The van der Waals surface area contributed by atoms with Gasteiger partial charge in [-0.3, -0.25) is 20.4 Å². The maximum Gasteiger partial charge on any atom is 0.281 e. The summed E-state index contributed by atoms with van der Waals surface area (Å²) in [6.07, 6.45) is 1.37. The van der Waals surface area contributed by atoms with Crippen LogP contribution in [-0.4, -0.2) is 16.8 Å². The Bertz CT molecular complexity index is 954. The van der Waals surface area contributed by atoms with Gasteiger partial charge in [0.25, 0.3) is 11.8 Å². The molecule has 136 valence electrons. The summed E-state index contributed by atoms with van der Waals surface area (Å²) in [7, 11) is 0. The van der Waals surface area contributed by atoms with E-state index in [0.29, 0.717) is 10.6 Å². The van der Waals surface area contributed by atoms with Crippen LogP contribution in [0.4, 0.5) is 0 Å². The van der Waals surface area contributed by atoms with E-state index in [9.17, 15) is 9.59 Å². The van der Waals surface area contributed by atoms with Crippen molar-refractivity contribution in [1.29, 1.82) is 0 Å². The minimum Gasteiger partial charge on any atom is -0.268 e. The normalized spacial score (nSPS) is 10.7. The van der Waals surface area contributed by atoms with Crippen LogP contribution in [0.1, 0.15) is 15.4 Å². The van der Waals surface area contributed by atoms with Crippen molar-refractivity contribution in [3.05, 3.63) is 82.7 Å². The largest absolute Gasteiger partial charge is 0.281 e. The topological polar surface area (TPSA) is 71.1 Å². The van der Waals surface area contributed by atoms with Crippen molar-refractivity contribution in [3.8, 4) is 10.6 Å². The van der Waals surface area contributed by atoms with Crippen LogP contribution in [-0.2, 0) is 4.79 Å². The van der Waals surface area contributed by atoms with E-state index >= 15 is 0 Å². The average molecular weight is 396 g/mol. The quantitative estimate of drug-likeness (QED) is 0.386. The fourth-order valence-electron chi connectivity index (χ4n) is 2.20. The Morgan fingerprint density at radius 3 is 2.37 bits per heavy atom. The summed E-state index contributed by atoms with van der Waals surface area (Å²) in [6, 6.07) is 19.3. The van der Waals surface area contributed by atoms with Crippen LogP contribution in [0, 0.1) is 6.92 Å². The van der Waals surface area contributed by atoms with E-state index in [2.05, 4.69) is 15.8 Å². The van der Waals surface area contributed by atoms with Crippen LogP contribution in [0.5, 0.6) is 0 Å². The summed E-state index contributed by atoms with van der Waals surface area (Å²) in [5.41, 5.74) is 6.39. The van der Waals surface area contributed by atoms with Crippen LogP contribution >= 0.6 is 23.1 Å². The number of benzene rings is 2. The molecule has 1 heterocycles. The number of thiazole rings is 1. The molecule has 3 aromatic rings. The maximum absolute atomic E-state index is 12.3. The summed E-state index contributed by atoms with van der Waals surface area (Å²) in [5, 5.41) is 2.44. The van der Waals surface area contributed by atoms with E-state index in [-0.39, 0.29) is 5.91 Å². The molecular weight excluding hydrogens is 378 g/mol. The highest BCUT2D eigenvalue weighted by molar-refractivity contribution is 8.02. The monoisotopic (exact) mass is 395 g/mol. The van der Waals surface area contributed by atoms with Crippen LogP contribution < -0.4 is 10.9 Å². The highest BCUT2D eigenvalue weighted by Crippen LogP contribution is 2.27. The lowest BCUT2D eigenvalue weighted by Gasteiger charge is -2.03. The zero-order valence-electron chi connectivity index (χ0n) is 14.5. The molecule has 0 saturated heterocycles. The van der Waals surface area contributed by atoms with Gasteiger partial charge in [-0.2, -0.15) is 0 Å². The molecule has 2 amide bonds. The molecule has 0 bridgehead atoms. The molecule has 0 aliphatic heterocycles. The van der Waals surface area contributed by atoms with Crippen molar-refractivity contribution >= 4 is 34.9 Å². The number of aryl methyl sites for hydroxylation is 1. The van der Waals surface area contributed by atoms with E-state index in [1.54, 1.807) is 12.3 Å². The van der Waals surface area contributed by atoms with Gasteiger partial charge in [-0.1, -0.05) is 60.3 Å². The van der Waals surface area contributed by atoms with Crippen molar-refractivity contribution in [2.45, 2.75) is 11.8 Å². The van der Waals surface area contributed by atoms with Crippen molar-refractivity contribution in [3.63, 3.8) is 0 Å². The summed E-state index contributed by atoms with van der Waals surface area (Å²) < 4.78 is 0. The number of nitrogens with one attached hydrogen (secondary N) is 2. The lowest BCUT2D eigenvalue weighted by Crippen LogP contribution is -2.40. The SMILES string of the molecule is Cc1nc(-c2ccccc2)sc1C(=O)NNC(=O)/C=C/Sc1ccccc1. The number of thioether (sulfide) groups is 1. The molecule has 7 heteroatoms. The molecular formula is C20H17N3O2S2. The predicted octanol–water partition coefficient (Wildman–Crippen LogP) is 4.19.